The van der Waals surface area contributed by atoms with Gasteiger partial charge < -0.3 is 4.74 Å². The molecule has 0 unspecified atom stereocenters. The topological polar surface area (TPSA) is 64.1 Å². The van der Waals surface area contributed by atoms with Crippen LogP contribution in [0.5, 0.6) is 5.75 Å². The van der Waals surface area contributed by atoms with Crippen molar-refractivity contribution in [2.75, 3.05) is 5.32 Å². The molecule has 0 radical (unpaired) electrons. The van der Waals surface area contributed by atoms with Crippen LogP contribution in [-0.2, 0) is 13.0 Å². The van der Waals surface area contributed by atoms with Crippen LogP contribution in [0.4, 0.5) is 5.13 Å². The van der Waals surface area contributed by atoms with Gasteiger partial charge in [-0.1, -0.05) is 29.8 Å². The molecule has 2 aromatic heterocycles. The number of halogens is 1. The summed E-state index contributed by atoms with van der Waals surface area (Å²) in [6.45, 7) is 0.405. The lowest BCUT2D eigenvalue weighted by Gasteiger charge is -2.06. The van der Waals surface area contributed by atoms with E-state index in [0.717, 1.165) is 21.2 Å². The van der Waals surface area contributed by atoms with Gasteiger partial charge in [0.25, 0.3) is 5.91 Å². The zero-order chi connectivity index (χ0) is 20.1. The van der Waals surface area contributed by atoms with Crippen LogP contribution in [0.2, 0.25) is 5.02 Å². The SMILES string of the molecule is O=C(Nc1ncc(Cc2ccccc2Cl)s1)c1ccc(OCc2cscn2)cc1. The minimum absolute atomic E-state index is 0.213. The van der Waals surface area contributed by atoms with Crippen molar-refractivity contribution in [3.8, 4) is 5.75 Å². The van der Waals surface area contributed by atoms with Crippen LogP contribution < -0.4 is 10.1 Å². The summed E-state index contributed by atoms with van der Waals surface area (Å²) in [7, 11) is 0. The third-order valence-electron chi connectivity index (χ3n) is 4.08. The van der Waals surface area contributed by atoms with Gasteiger partial charge in [0.2, 0.25) is 0 Å². The lowest BCUT2D eigenvalue weighted by atomic mass is 10.1. The molecule has 8 heteroatoms. The van der Waals surface area contributed by atoms with Crippen LogP contribution >= 0.6 is 34.3 Å². The molecule has 4 aromatic rings. The summed E-state index contributed by atoms with van der Waals surface area (Å²) >= 11 is 9.18. The highest BCUT2D eigenvalue weighted by atomic mass is 35.5. The number of rotatable bonds is 7. The first kappa shape index (κ1) is 19.6. The number of benzene rings is 2. The molecule has 4 rings (SSSR count). The largest absolute Gasteiger partial charge is 0.487 e. The Kier molecular flexibility index (Phi) is 6.19. The third kappa shape index (κ3) is 5.20. The highest BCUT2D eigenvalue weighted by molar-refractivity contribution is 7.15. The summed E-state index contributed by atoms with van der Waals surface area (Å²) < 4.78 is 5.66. The van der Waals surface area contributed by atoms with E-state index in [2.05, 4.69) is 15.3 Å². The number of nitrogens with one attached hydrogen (secondary N) is 1. The van der Waals surface area contributed by atoms with E-state index >= 15 is 0 Å². The van der Waals surface area contributed by atoms with Crippen molar-refractivity contribution in [2.45, 2.75) is 13.0 Å². The number of anilines is 1. The number of thiazole rings is 2. The van der Waals surface area contributed by atoms with Crippen LogP contribution in [0.1, 0.15) is 26.5 Å². The van der Waals surface area contributed by atoms with E-state index < -0.39 is 0 Å². The molecule has 0 aliphatic heterocycles. The second kappa shape index (κ2) is 9.17. The smallest absolute Gasteiger partial charge is 0.257 e. The van der Waals surface area contributed by atoms with Crippen molar-refractivity contribution in [3.63, 3.8) is 0 Å². The van der Waals surface area contributed by atoms with Crippen molar-refractivity contribution >= 4 is 45.3 Å². The molecular formula is C21H16ClN3O2S2. The van der Waals surface area contributed by atoms with Crippen molar-refractivity contribution < 1.29 is 9.53 Å². The van der Waals surface area contributed by atoms with Gasteiger partial charge in [0.15, 0.2) is 5.13 Å². The number of hydrogen-bond acceptors (Lipinski definition) is 6. The average molecular weight is 442 g/mol. The normalized spacial score (nSPS) is 10.7. The predicted octanol–water partition coefficient (Wildman–Crippen LogP) is 5.68. The van der Waals surface area contributed by atoms with Gasteiger partial charge in [-0.25, -0.2) is 9.97 Å². The molecule has 1 N–H and O–H groups in total. The zero-order valence-electron chi connectivity index (χ0n) is 15.2. The number of aromatic nitrogens is 2. The maximum atomic E-state index is 12.5. The van der Waals surface area contributed by atoms with Crippen molar-refractivity contribution in [3.05, 3.63) is 92.3 Å². The fourth-order valence-corrected chi connectivity index (χ4v) is 4.19. The summed E-state index contributed by atoms with van der Waals surface area (Å²) in [6, 6.07) is 14.7. The maximum absolute atomic E-state index is 12.5. The second-order valence-corrected chi connectivity index (χ2v) is 8.39. The van der Waals surface area contributed by atoms with E-state index in [4.69, 9.17) is 16.3 Å². The Morgan fingerprint density at radius 3 is 2.69 bits per heavy atom. The van der Waals surface area contributed by atoms with Crippen LogP contribution in [0.3, 0.4) is 0 Å². The van der Waals surface area contributed by atoms with Crippen LogP contribution in [0.15, 0.2) is 65.6 Å². The summed E-state index contributed by atoms with van der Waals surface area (Å²) in [5.41, 5.74) is 4.22. The fourth-order valence-electron chi connectivity index (χ4n) is 2.61. The molecule has 0 saturated carbocycles. The van der Waals surface area contributed by atoms with Crippen LogP contribution in [-0.4, -0.2) is 15.9 Å². The predicted molar refractivity (Wildman–Crippen MR) is 117 cm³/mol. The first-order valence-corrected chi connectivity index (χ1v) is 10.9. The van der Waals surface area contributed by atoms with Gasteiger partial charge in [-0.3, -0.25) is 10.1 Å². The van der Waals surface area contributed by atoms with Gasteiger partial charge >= 0.3 is 0 Å². The van der Waals surface area contributed by atoms with E-state index in [1.807, 2.05) is 29.6 Å². The molecule has 5 nitrogen and oxygen atoms in total. The van der Waals surface area contributed by atoms with Gasteiger partial charge in [-0.2, -0.15) is 0 Å². The molecule has 1 amide bonds. The summed E-state index contributed by atoms with van der Waals surface area (Å²) in [5, 5.41) is 6.06. The molecule has 29 heavy (non-hydrogen) atoms. The van der Waals surface area contributed by atoms with Gasteiger partial charge in [0.1, 0.15) is 12.4 Å². The average Bonchev–Trinajstić information content (AvgIpc) is 3.41. The lowest BCUT2D eigenvalue weighted by molar-refractivity contribution is 0.102. The fraction of sp³-hybridized carbons (Fsp3) is 0.0952. The summed E-state index contributed by atoms with van der Waals surface area (Å²) in [4.78, 5) is 22.0. The Balaban J connectivity index is 1.34. The molecule has 0 atom stereocenters. The first-order chi connectivity index (χ1) is 14.2. The number of nitrogens with zero attached hydrogens (tertiary/aromatic N) is 2. The standard InChI is InChI=1S/C21H16ClN3O2S2/c22-19-4-2-1-3-15(19)9-18-10-23-21(29-18)25-20(26)14-5-7-17(8-6-14)27-11-16-12-28-13-24-16/h1-8,10,12-13H,9,11H2,(H,23,25,26). The maximum Gasteiger partial charge on any atom is 0.257 e. The van der Waals surface area contributed by atoms with Crippen molar-refractivity contribution in [1.82, 2.24) is 9.97 Å². The first-order valence-electron chi connectivity index (χ1n) is 8.77. The van der Waals surface area contributed by atoms with Crippen LogP contribution in [0, 0.1) is 0 Å². The lowest BCUT2D eigenvalue weighted by Crippen LogP contribution is -2.11. The number of carbonyl (C=O) groups excluding carboxylic acids is 1. The highest BCUT2D eigenvalue weighted by Gasteiger charge is 2.11. The van der Waals surface area contributed by atoms with Gasteiger partial charge in [-0.15, -0.1) is 22.7 Å². The Labute approximate surface area is 181 Å². The van der Waals surface area contributed by atoms with Crippen molar-refractivity contribution in [1.29, 1.82) is 0 Å². The molecule has 0 aliphatic rings. The van der Waals surface area contributed by atoms with Gasteiger partial charge in [0, 0.05) is 33.5 Å². The Bertz CT molecular complexity index is 1100. The molecule has 0 spiro atoms. The quantitative estimate of drug-likeness (QED) is 0.401. The molecule has 0 saturated heterocycles. The third-order valence-corrected chi connectivity index (χ3v) is 6.00. The monoisotopic (exact) mass is 441 g/mol. The zero-order valence-corrected chi connectivity index (χ0v) is 17.6. The molecular weight excluding hydrogens is 426 g/mol. The molecule has 146 valence electrons. The van der Waals surface area contributed by atoms with E-state index in [9.17, 15) is 4.79 Å². The van der Waals surface area contributed by atoms with E-state index in [1.54, 1.807) is 36.0 Å². The minimum Gasteiger partial charge on any atom is -0.487 e. The summed E-state index contributed by atoms with van der Waals surface area (Å²) in [6.07, 6.45) is 2.44. The molecule has 0 bridgehead atoms. The number of hydrogen-bond donors (Lipinski definition) is 1. The summed E-state index contributed by atoms with van der Waals surface area (Å²) in [5.74, 6) is 0.473. The number of ether oxygens (including phenoxy) is 1. The Hall–Kier alpha value is -2.74. The molecule has 2 heterocycles. The van der Waals surface area contributed by atoms with E-state index in [0.29, 0.717) is 29.5 Å². The molecule has 0 fully saturated rings. The second-order valence-electron chi connectivity index (χ2n) is 6.15. The van der Waals surface area contributed by atoms with Crippen LogP contribution in [0.25, 0.3) is 0 Å². The van der Waals surface area contributed by atoms with Gasteiger partial charge in [0.05, 0.1) is 11.2 Å². The van der Waals surface area contributed by atoms with Gasteiger partial charge in [-0.05, 0) is 35.9 Å². The Morgan fingerprint density at radius 1 is 1.10 bits per heavy atom. The molecule has 0 aliphatic carbocycles. The van der Waals surface area contributed by atoms with Crippen molar-refractivity contribution in [2.24, 2.45) is 0 Å². The minimum atomic E-state index is -0.213. The van der Waals surface area contributed by atoms with E-state index in [1.165, 1.54) is 22.7 Å². The Morgan fingerprint density at radius 2 is 1.93 bits per heavy atom. The number of carbonyl (C=O) groups is 1. The highest BCUT2D eigenvalue weighted by Crippen LogP contribution is 2.25. The van der Waals surface area contributed by atoms with E-state index in [-0.39, 0.29) is 5.91 Å². The number of amides is 1. The molecule has 2 aromatic carbocycles.